The van der Waals surface area contributed by atoms with Gasteiger partial charge in [0.15, 0.2) is 0 Å². The second-order valence-electron chi connectivity index (χ2n) is 6.67. The minimum absolute atomic E-state index is 0.00248. The largest absolute Gasteiger partial charge is 0.481 e. The van der Waals surface area contributed by atoms with Gasteiger partial charge in [-0.25, -0.2) is 0 Å². The van der Waals surface area contributed by atoms with E-state index >= 15 is 0 Å². The summed E-state index contributed by atoms with van der Waals surface area (Å²) in [5, 5.41) is 12.6. The minimum atomic E-state index is -0.897. The molecule has 1 aliphatic heterocycles. The molecule has 0 aromatic heterocycles. The summed E-state index contributed by atoms with van der Waals surface area (Å²) in [7, 11) is 0. The Bertz CT molecular complexity index is 803. The molecule has 1 saturated heterocycles. The zero-order valence-electron chi connectivity index (χ0n) is 14.9. The lowest BCUT2D eigenvalue weighted by molar-refractivity contribution is -0.144. The van der Waals surface area contributed by atoms with Crippen molar-refractivity contribution in [3.8, 4) is 11.1 Å². The highest BCUT2D eigenvalue weighted by atomic mass is 35.5. The Kier molecular flexibility index (Phi) is 6.48. The summed E-state index contributed by atoms with van der Waals surface area (Å²) in [5.74, 6) is -1.89. The highest BCUT2D eigenvalue weighted by Gasteiger charge is 2.30. The molecule has 1 heterocycles. The number of hydrogen-bond acceptors (Lipinski definition) is 3. The van der Waals surface area contributed by atoms with Crippen molar-refractivity contribution in [3.63, 3.8) is 0 Å². The van der Waals surface area contributed by atoms with Crippen LogP contribution < -0.4 is 5.32 Å². The first kappa shape index (κ1) is 19.4. The van der Waals surface area contributed by atoms with Crippen molar-refractivity contribution in [1.82, 2.24) is 5.32 Å². The lowest BCUT2D eigenvalue weighted by Crippen LogP contribution is -2.39. The number of carbonyl (C=O) groups excluding carboxylic acids is 1. The monoisotopic (exact) mass is 387 g/mol. The smallest absolute Gasteiger partial charge is 0.308 e. The number of hydrogen-bond donors (Lipinski definition) is 2. The molecule has 5 nitrogen and oxygen atoms in total. The van der Waals surface area contributed by atoms with Crippen molar-refractivity contribution in [2.24, 2.45) is 11.8 Å². The molecule has 2 aromatic rings. The average molecular weight is 388 g/mol. The Morgan fingerprint density at radius 2 is 1.81 bits per heavy atom. The fourth-order valence-electron chi connectivity index (χ4n) is 3.38. The van der Waals surface area contributed by atoms with E-state index in [0.717, 1.165) is 11.1 Å². The molecule has 27 heavy (non-hydrogen) atoms. The van der Waals surface area contributed by atoms with Crippen molar-refractivity contribution in [2.45, 2.75) is 12.8 Å². The summed E-state index contributed by atoms with van der Waals surface area (Å²) in [4.78, 5) is 24.3. The van der Waals surface area contributed by atoms with Crippen LogP contribution in [0.25, 0.3) is 11.1 Å². The summed E-state index contributed by atoms with van der Waals surface area (Å²) < 4.78 is 5.30. The molecule has 1 unspecified atom stereocenters. The molecule has 0 saturated carbocycles. The van der Waals surface area contributed by atoms with Crippen LogP contribution in [0.4, 0.5) is 0 Å². The average Bonchev–Trinajstić information content (AvgIpc) is 2.69. The number of rotatable bonds is 6. The van der Waals surface area contributed by atoms with E-state index in [1.165, 1.54) is 0 Å². The molecule has 1 fully saturated rings. The number of halogens is 1. The van der Waals surface area contributed by atoms with Gasteiger partial charge in [0.05, 0.1) is 16.5 Å². The highest BCUT2D eigenvalue weighted by Crippen LogP contribution is 2.26. The van der Waals surface area contributed by atoms with Gasteiger partial charge in [0.1, 0.15) is 0 Å². The predicted octanol–water partition coefficient (Wildman–Crippen LogP) is 3.86. The summed E-state index contributed by atoms with van der Waals surface area (Å²) in [6.07, 6.45) is 1.38. The topological polar surface area (TPSA) is 75.6 Å². The molecule has 1 aliphatic rings. The maximum Gasteiger partial charge on any atom is 0.308 e. The maximum atomic E-state index is 12.6. The van der Waals surface area contributed by atoms with E-state index in [1.807, 2.05) is 36.4 Å². The molecule has 0 spiro atoms. The van der Waals surface area contributed by atoms with Gasteiger partial charge in [0.2, 0.25) is 0 Å². The first-order valence-corrected chi connectivity index (χ1v) is 9.38. The summed E-state index contributed by atoms with van der Waals surface area (Å²) >= 11 is 6.21. The second kappa shape index (κ2) is 9.02. The fraction of sp³-hybridized carbons (Fsp3) is 0.333. The molecule has 3 rings (SSSR count). The Morgan fingerprint density at radius 1 is 1.11 bits per heavy atom. The third-order valence-corrected chi connectivity index (χ3v) is 5.28. The SMILES string of the molecule is O=C(NCC(C(=O)O)C1CCOCC1)c1cc(-c2ccccc2)ccc1Cl. The van der Waals surface area contributed by atoms with Crippen molar-refractivity contribution < 1.29 is 19.4 Å². The van der Waals surface area contributed by atoms with Gasteiger partial charge in [-0.3, -0.25) is 9.59 Å². The van der Waals surface area contributed by atoms with Crippen molar-refractivity contribution >= 4 is 23.5 Å². The summed E-state index contributed by atoms with van der Waals surface area (Å²) in [5.41, 5.74) is 2.20. The number of ether oxygens (including phenoxy) is 1. The van der Waals surface area contributed by atoms with Crippen molar-refractivity contribution in [2.75, 3.05) is 19.8 Å². The van der Waals surface area contributed by atoms with Gasteiger partial charge in [-0.05, 0) is 42.0 Å². The van der Waals surface area contributed by atoms with Crippen molar-refractivity contribution in [3.05, 3.63) is 59.1 Å². The molecule has 1 atom stereocenters. The van der Waals surface area contributed by atoms with Gasteiger partial charge in [-0.1, -0.05) is 48.0 Å². The molecule has 142 valence electrons. The Labute approximate surface area is 163 Å². The standard InChI is InChI=1S/C21H22ClNO4/c22-19-7-6-16(14-4-2-1-3-5-14)12-17(19)20(24)23-13-18(21(25)26)15-8-10-27-11-9-15/h1-7,12,15,18H,8-11,13H2,(H,23,24)(H,25,26). The first-order chi connectivity index (χ1) is 13.1. The Morgan fingerprint density at radius 3 is 2.48 bits per heavy atom. The van der Waals surface area contributed by atoms with Gasteiger partial charge >= 0.3 is 5.97 Å². The van der Waals surface area contributed by atoms with Gasteiger partial charge < -0.3 is 15.2 Å². The van der Waals surface area contributed by atoms with Crippen LogP contribution >= 0.6 is 11.6 Å². The number of carboxylic acids is 1. The molecule has 1 amide bonds. The van der Waals surface area contributed by atoms with E-state index in [-0.39, 0.29) is 18.4 Å². The zero-order valence-corrected chi connectivity index (χ0v) is 15.6. The quantitative estimate of drug-likeness (QED) is 0.789. The molecular weight excluding hydrogens is 366 g/mol. The van der Waals surface area contributed by atoms with E-state index in [4.69, 9.17) is 16.3 Å². The maximum absolute atomic E-state index is 12.6. The number of carboxylic acid groups (broad SMARTS) is 1. The van der Waals surface area contributed by atoms with Gasteiger partial charge in [0.25, 0.3) is 5.91 Å². The highest BCUT2D eigenvalue weighted by molar-refractivity contribution is 6.34. The second-order valence-corrected chi connectivity index (χ2v) is 7.07. The molecule has 6 heteroatoms. The van der Waals surface area contributed by atoms with E-state index in [9.17, 15) is 14.7 Å². The molecule has 0 aliphatic carbocycles. The van der Waals surface area contributed by atoms with Crippen LogP contribution in [-0.2, 0) is 9.53 Å². The third-order valence-electron chi connectivity index (χ3n) is 4.95. The molecule has 0 radical (unpaired) electrons. The van der Waals surface area contributed by atoms with E-state index in [0.29, 0.717) is 36.6 Å². The number of benzene rings is 2. The number of aliphatic carboxylic acids is 1. The first-order valence-electron chi connectivity index (χ1n) is 9.00. The van der Waals surface area contributed by atoms with E-state index < -0.39 is 11.9 Å². The molecule has 2 aromatic carbocycles. The minimum Gasteiger partial charge on any atom is -0.481 e. The third kappa shape index (κ3) is 4.87. The van der Waals surface area contributed by atoms with Crippen LogP contribution in [0.5, 0.6) is 0 Å². The van der Waals surface area contributed by atoms with Crippen LogP contribution in [0.1, 0.15) is 23.2 Å². The molecule has 2 N–H and O–H groups in total. The number of carbonyl (C=O) groups is 2. The van der Waals surface area contributed by atoms with Crippen LogP contribution in [0.3, 0.4) is 0 Å². The van der Waals surface area contributed by atoms with Gasteiger partial charge in [0, 0.05) is 19.8 Å². The normalized spacial score (nSPS) is 15.9. The van der Waals surface area contributed by atoms with Crippen LogP contribution in [0.15, 0.2) is 48.5 Å². The zero-order chi connectivity index (χ0) is 19.2. The van der Waals surface area contributed by atoms with Gasteiger partial charge in [-0.15, -0.1) is 0 Å². The lowest BCUT2D eigenvalue weighted by atomic mass is 9.86. The van der Waals surface area contributed by atoms with Crippen LogP contribution in [0.2, 0.25) is 5.02 Å². The van der Waals surface area contributed by atoms with Crippen molar-refractivity contribution in [1.29, 1.82) is 0 Å². The molecular formula is C21H22ClNO4. The van der Waals surface area contributed by atoms with Gasteiger partial charge in [-0.2, -0.15) is 0 Å². The predicted molar refractivity (Wildman–Crippen MR) is 104 cm³/mol. The Balaban J connectivity index is 1.72. The van der Waals surface area contributed by atoms with Crippen LogP contribution in [-0.4, -0.2) is 36.7 Å². The lowest BCUT2D eigenvalue weighted by Gasteiger charge is -2.27. The Hall–Kier alpha value is -2.37. The van der Waals surface area contributed by atoms with E-state index in [2.05, 4.69) is 5.32 Å². The number of amides is 1. The van der Waals surface area contributed by atoms with Crippen LogP contribution in [0, 0.1) is 11.8 Å². The fourth-order valence-corrected chi connectivity index (χ4v) is 3.58. The summed E-state index contributed by atoms with van der Waals surface area (Å²) in [6, 6.07) is 15.0. The van der Waals surface area contributed by atoms with E-state index in [1.54, 1.807) is 12.1 Å². The summed E-state index contributed by atoms with van der Waals surface area (Å²) in [6.45, 7) is 1.20. The molecule has 0 bridgehead atoms. The number of nitrogens with one attached hydrogen (secondary N) is 1.